The molecule has 1 saturated heterocycles. The number of aromatic nitrogens is 2. The summed E-state index contributed by atoms with van der Waals surface area (Å²) in [5, 5.41) is 4.21. The smallest absolute Gasteiger partial charge is 0.264 e. The summed E-state index contributed by atoms with van der Waals surface area (Å²) in [6, 6.07) is 8.02. The van der Waals surface area contributed by atoms with Gasteiger partial charge in [0.2, 0.25) is 5.91 Å². The number of hydrogen-bond acceptors (Lipinski definition) is 5. The second-order valence-corrected chi connectivity index (χ2v) is 10.8. The molecule has 3 aliphatic heterocycles. The van der Waals surface area contributed by atoms with Crippen molar-refractivity contribution in [2.24, 2.45) is 7.05 Å². The van der Waals surface area contributed by atoms with Crippen molar-refractivity contribution in [2.75, 3.05) is 56.6 Å². The van der Waals surface area contributed by atoms with Crippen LogP contribution in [0.1, 0.15) is 35.1 Å². The predicted molar refractivity (Wildman–Crippen MR) is 145 cm³/mol. The number of hydrogen-bond donors (Lipinski definition) is 0. The van der Waals surface area contributed by atoms with Gasteiger partial charge in [-0.3, -0.25) is 9.48 Å². The minimum absolute atomic E-state index is 0.0278. The first kappa shape index (κ1) is 24.9. The number of amides is 1. The fraction of sp³-hybridized carbons (Fsp3) is 0.448. The number of likely N-dealkylation sites (N-methyl/N-ethyl adjacent to an activating group) is 2. The van der Waals surface area contributed by atoms with E-state index in [2.05, 4.69) is 39.0 Å². The summed E-state index contributed by atoms with van der Waals surface area (Å²) in [5.41, 5.74) is 7.50. The van der Waals surface area contributed by atoms with E-state index < -0.39 is 6.43 Å². The Morgan fingerprint density at radius 1 is 0.921 bits per heavy atom. The topological polar surface area (TPSA) is 47.9 Å². The molecule has 3 aliphatic rings. The van der Waals surface area contributed by atoms with E-state index in [1.54, 1.807) is 35.1 Å². The minimum Gasteiger partial charge on any atom is -0.369 e. The molecule has 0 spiro atoms. The van der Waals surface area contributed by atoms with Crippen LogP contribution in [0, 0.1) is 0 Å². The quantitative estimate of drug-likeness (QED) is 0.511. The van der Waals surface area contributed by atoms with Gasteiger partial charge in [0.05, 0.1) is 12.6 Å². The highest BCUT2D eigenvalue weighted by atomic mass is 19.3. The molecule has 0 N–H and O–H groups in total. The summed E-state index contributed by atoms with van der Waals surface area (Å²) in [6.07, 6.45) is 2.96. The first-order valence-electron chi connectivity index (χ1n) is 13.3. The van der Waals surface area contributed by atoms with Crippen LogP contribution in [0.2, 0.25) is 0 Å². The van der Waals surface area contributed by atoms with Crippen molar-refractivity contribution >= 4 is 23.0 Å². The zero-order valence-corrected chi connectivity index (χ0v) is 22.3. The molecular formula is C29H34F2N6O. The summed E-state index contributed by atoms with van der Waals surface area (Å²) in [4.78, 5) is 21.4. The van der Waals surface area contributed by atoms with Crippen LogP contribution in [0.3, 0.4) is 0 Å². The van der Waals surface area contributed by atoms with E-state index in [1.807, 2.05) is 13.1 Å². The van der Waals surface area contributed by atoms with E-state index >= 15 is 0 Å². The molecule has 1 aromatic heterocycles. The maximum absolute atomic E-state index is 14.4. The Morgan fingerprint density at radius 2 is 1.71 bits per heavy atom. The molecule has 200 valence electrons. The Kier molecular flexibility index (Phi) is 6.34. The highest BCUT2D eigenvalue weighted by Crippen LogP contribution is 2.44. The summed E-state index contributed by atoms with van der Waals surface area (Å²) >= 11 is 0. The van der Waals surface area contributed by atoms with Gasteiger partial charge in [0.15, 0.2) is 0 Å². The molecule has 6 rings (SSSR count). The zero-order chi connectivity index (χ0) is 26.6. The molecule has 2 aromatic carbocycles. The van der Waals surface area contributed by atoms with Crippen LogP contribution >= 0.6 is 0 Å². The third kappa shape index (κ3) is 4.42. The Bertz CT molecular complexity index is 1380. The number of carbonyl (C=O) groups is 1. The van der Waals surface area contributed by atoms with Gasteiger partial charge in [0, 0.05) is 87.7 Å². The summed E-state index contributed by atoms with van der Waals surface area (Å²) in [5.74, 6) is 0.110. The summed E-state index contributed by atoms with van der Waals surface area (Å²) < 4.78 is 30.5. The van der Waals surface area contributed by atoms with Gasteiger partial charge in [0.25, 0.3) is 6.43 Å². The number of halogens is 2. The fourth-order valence-corrected chi connectivity index (χ4v) is 6.04. The molecule has 0 unspecified atom stereocenters. The molecule has 7 nitrogen and oxygen atoms in total. The fourth-order valence-electron chi connectivity index (χ4n) is 6.04. The molecule has 1 fully saturated rings. The average Bonchev–Trinajstić information content (AvgIpc) is 3.34. The number of benzene rings is 2. The standard InChI is InChI=1S/C29H34F2N6O/c1-33-7-9-36(10-8-33)22-11-20-13-28(38)34(2)18-25(20)27(14-22)37-6-4-5-19-12-23(21-16-32-35(3)17-21)24(29(30)31)15-26(19)37/h11-12,14-17,29H,4-10,13,18H2,1-3H3. The van der Waals surface area contributed by atoms with E-state index in [-0.39, 0.29) is 11.5 Å². The third-order valence-corrected chi connectivity index (χ3v) is 8.25. The number of alkyl halides is 2. The Morgan fingerprint density at radius 3 is 2.42 bits per heavy atom. The lowest BCUT2D eigenvalue weighted by atomic mass is 9.91. The Balaban J connectivity index is 1.48. The van der Waals surface area contributed by atoms with Crippen molar-refractivity contribution in [3.05, 3.63) is 58.9 Å². The second-order valence-electron chi connectivity index (χ2n) is 10.8. The third-order valence-electron chi connectivity index (χ3n) is 8.25. The molecule has 1 amide bonds. The molecular weight excluding hydrogens is 486 g/mol. The van der Waals surface area contributed by atoms with Crippen LogP contribution in [0.5, 0.6) is 0 Å². The molecule has 38 heavy (non-hydrogen) atoms. The van der Waals surface area contributed by atoms with Gasteiger partial charge in [0.1, 0.15) is 0 Å². The number of anilines is 3. The van der Waals surface area contributed by atoms with Crippen molar-refractivity contribution in [3.63, 3.8) is 0 Å². The highest BCUT2D eigenvalue weighted by Gasteiger charge is 2.30. The lowest BCUT2D eigenvalue weighted by Crippen LogP contribution is -2.44. The number of nitrogens with zero attached hydrogens (tertiary/aromatic N) is 6. The van der Waals surface area contributed by atoms with Gasteiger partial charge in [-0.25, -0.2) is 8.78 Å². The van der Waals surface area contributed by atoms with E-state index in [4.69, 9.17) is 0 Å². The van der Waals surface area contributed by atoms with Gasteiger partial charge in [-0.1, -0.05) is 0 Å². The van der Waals surface area contributed by atoms with E-state index in [1.165, 1.54) is 0 Å². The minimum atomic E-state index is -2.60. The van der Waals surface area contributed by atoms with Crippen LogP contribution < -0.4 is 9.80 Å². The Labute approximate surface area is 222 Å². The molecule has 0 saturated carbocycles. The molecule has 0 radical (unpaired) electrons. The van der Waals surface area contributed by atoms with Crippen molar-refractivity contribution in [2.45, 2.75) is 32.2 Å². The lowest BCUT2D eigenvalue weighted by Gasteiger charge is -2.39. The summed E-state index contributed by atoms with van der Waals surface area (Å²) in [7, 11) is 5.77. The van der Waals surface area contributed by atoms with Crippen molar-refractivity contribution in [3.8, 4) is 11.1 Å². The van der Waals surface area contributed by atoms with Crippen LogP contribution in [-0.4, -0.2) is 72.3 Å². The maximum Gasteiger partial charge on any atom is 0.264 e. The molecule has 4 heterocycles. The molecule has 0 bridgehead atoms. The van der Waals surface area contributed by atoms with Crippen LogP contribution in [-0.2, 0) is 31.2 Å². The number of rotatable bonds is 4. The lowest BCUT2D eigenvalue weighted by molar-refractivity contribution is -0.130. The highest BCUT2D eigenvalue weighted by molar-refractivity contribution is 5.85. The van der Waals surface area contributed by atoms with Gasteiger partial charge in [-0.05, 0) is 66.4 Å². The van der Waals surface area contributed by atoms with Crippen molar-refractivity contribution < 1.29 is 13.6 Å². The van der Waals surface area contributed by atoms with Gasteiger partial charge < -0.3 is 19.6 Å². The predicted octanol–water partition coefficient (Wildman–Crippen LogP) is 4.38. The first-order chi connectivity index (χ1) is 18.3. The number of carbonyl (C=O) groups excluding carboxylic acids is 1. The van der Waals surface area contributed by atoms with Crippen molar-refractivity contribution in [1.82, 2.24) is 19.6 Å². The number of fused-ring (bicyclic) bond motifs is 2. The first-order valence-corrected chi connectivity index (χ1v) is 13.3. The monoisotopic (exact) mass is 520 g/mol. The molecule has 9 heteroatoms. The maximum atomic E-state index is 14.4. The average molecular weight is 521 g/mol. The SMILES string of the molecule is CN1CCN(c2cc3c(c(N4CCCc5cc(-c6cnn(C)c6)c(C(F)F)cc54)c2)CN(C)C(=O)C3)CC1. The summed E-state index contributed by atoms with van der Waals surface area (Å²) in [6.45, 7) is 5.07. The van der Waals surface area contributed by atoms with E-state index in [9.17, 15) is 13.6 Å². The van der Waals surface area contributed by atoms with Crippen LogP contribution in [0.15, 0.2) is 36.7 Å². The largest absolute Gasteiger partial charge is 0.369 e. The van der Waals surface area contributed by atoms with Crippen LogP contribution in [0.4, 0.5) is 25.8 Å². The van der Waals surface area contributed by atoms with Crippen molar-refractivity contribution in [1.29, 1.82) is 0 Å². The zero-order valence-electron chi connectivity index (χ0n) is 22.3. The number of piperazine rings is 1. The van der Waals surface area contributed by atoms with E-state index in [0.717, 1.165) is 79.3 Å². The van der Waals surface area contributed by atoms with Crippen LogP contribution in [0.25, 0.3) is 11.1 Å². The van der Waals surface area contributed by atoms with E-state index in [0.29, 0.717) is 24.1 Å². The van der Waals surface area contributed by atoms with Gasteiger partial charge in [-0.15, -0.1) is 0 Å². The number of aryl methyl sites for hydroxylation is 2. The molecule has 0 atom stereocenters. The molecule has 3 aromatic rings. The van der Waals surface area contributed by atoms with Gasteiger partial charge in [-0.2, -0.15) is 5.10 Å². The molecule has 0 aliphatic carbocycles. The Hall–Kier alpha value is -3.46. The van der Waals surface area contributed by atoms with Gasteiger partial charge >= 0.3 is 0 Å². The second kappa shape index (κ2) is 9.69. The normalized spacial score (nSPS) is 18.3.